The summed E-state index contributed by atoms with van der Waals surface area (Å²) in [6.07, 6.45) is 0. The lowest BCUT2D eigenvalue weighted by molar-refractivity contribution is -0.903. The van der Waals surface area contributed by atoms with E-state index in [1.165, 1.54) is 16.0 Å². The minimum atomic E-state index is -3.37. The quantitative estimate of drug-likeness (QED) is 0.827. The first-order chi connectivity index (χ1) is 12.4. The van der Waals surface area contributed by atoms with E-state index in [2.05, 4.69) is 19.9 Å². The second-order valence-electron chi connectivity index (χ2n) is 6.89. The van der Waals surface area contributed by atoms with Crippen LogP contribution in [0.1, 0.15) is 11.1 Å². The number of benzene rings is 2. The molecule has 2 aromatic rings. The summed E-state index contributed by atoms with van der Waals surface area (Å²) < 4.78 is 32.8. The van der Waals surface area contributed by atoms with Gasteiger partial charge >= 0.3 is 0 Å². The van der Waals surface area contributed by atoms with Crippen LogP contribution in [0.15, 0.2) is 53.4 Å². The van der Waals surface area contributed by atoms with Crippen LogP contribution in [0, 0.1) is 13.8 Å². The predicted molar refractivity (Wildman–Crippen MR) is 102 cm³/mol. The van der Waals surface area contributed by atoms with E-state index < -0.39 is 10.0 Å². The van der Waals surface area contributed by atoms with Gasteiger partial charge in [0.25, 0.3) is 0 Å². The van der Waals surface area contributed by atoms with Gasteiger partial charge in [0.2, 0.25) is 10.0 Å². The molecule has 6 heteroatoms. The van der Waals surface area contributed by atoms with E-state index in [0.717, 1.165) is 25.4 Å². The van der Waals surface area contributed by atoms with Gasteiger partial charge in [0, 0.05) is 0 Å². The molecule has 0 bridgehead atoms. The lowest BCUT2D eigenvalue weighted by Gasteiger charge is -2.31. The van der Waals surface area contributed by atoms with Crippen molar-refractivity contribution in [3.8, 4) is 5.75 Å². The summed E-state index contributed by atoms with van der Waals surface area (Å²) in [5.41, 5.74) is 2.40. The fourth-order valence-corrected chi connectivity index (χ4v) is 4.83. The molecule has 1 saturated heterocycles. The summed E-state index contributed by atoms with van der Waals surface area (Å²) in [6, 6.07) is 14.9. The first-order valence-corrected chi connectivity index (χ1v) is 10.5. The van der Waals surface area contributed by atoms with Gasteiger partial charge in [-0.1, -0.05) is 24.3 Å². The number of nitrogens with zero attached hydrogens (tertiary/aromatic N) is 1. The van der Waals surface area contributed by atoms with Crippen LogP contribution in [0.4, 0.5) is 0 Å². The fourth-order valence-electron chi connectivity index (χ4n) is 3.36. The molecule has 3 rings (SSSR count). The van der Waals surface area contributed by atoms with Gasteiger partial charge in [0.1, 0.15) is 18.9 Å². The monoisotopic (exact) mass is 375 g/mol. The summed E-state index contributed by atoms with van der Waals surface area (Å²) in [6.45, 7) is 8.38. The molecule has 0 aliphatic carbocycles. The van der Waals surface area contributed by atoms with E-state index in [4.69, 9.17) is 4.74 Å². The topological polar surface area (TPSA) is 51.1 Å². The molecule has 0 saturated carbocycles. The summed E-state index contributed by atoms with van der Waals surface area (Å²) >= 11 is 0. The maximum Gasteiger partial charge on any atom is 0.243 e. The Kier molecular flexibility index (Phi) is 5.96. The van der Waals surface area contributed by atoms with Crippen molar-refractivity contribution in [3.05, 3.63) is 59.7 Å². The van der Waals surface area contributed by atoms with Crippen LogP contribution >= 0.6 is 0 Å². The van der Waals surface area contributed by atoms with Crippen molar-refractivity contribution in [2.45, 2.75) is 18.7 Å². The first kappa shape index (κ1) is 18.9. The van der Waals surface area contributed by atoms with Crippen molar-refractivity contribution < 1.29 is 18.1 Å². The Morgan fingerprint density at radius 2 is 1.62 bits per heavy atom. The highest BCUT2D eigenvalue weighted by Crippen LogP contribution is 2.16. The molecule has 1 aliphatic rings. The Bertz CT molecular complexity index is 809. The van der Waals surface area contributed by atoms with E-state index in [0.29, 0.717) is 24.6 Å². The Hall–Kier alpha value is -1.89. The number of ether oxygens (including phenoxy) is 1. The van der Waals surface area contributed by atoms with Crippen molar-refractivity contribution in [2.24, 2.45) is 0 Å². The first-order valence-electron chi connectivity index (χ1n) is 9.05. The molecule has 0 amide bonds. The summed E-state index contributed by atoms with van der Waals surface area (Å²) in [5, 5.41) is 0. The van der Waals surface area contributed by atoms with E-state index in [1.54, 1.807) is 28.6 Å². The summed E-state index contributed by atoms with van der Waals surface area (Å²) in [5.74, 6) is 0.909. The van der Waals surface area contributed by atoms with Crippen LogP contribution < -0.4 is 9.64 Å². The molecule has 0 radical (unpaired) electrons. The minimum Gasteiger partial charge on any atom is -0.488 e. The molecule has 26 heavy (non-hydrogen) atoms. The number of rotatable bonds is 6. The summed E-state index contributed by atoms with van der Waals surface area (Å²) in [7, 11) is -3.37. The molecule has 0 atom stereocenters. The molecule has 140 valence electrons. The SMILES string of the molecule is Cc1cc(C)cc(OCC[NH+]2CCN(S(=O)(=O)c3ccccc3)CC2)c1. The van der Waals surface area contributed by atoms with E-state index in [-0.39, 0.29) is 0 Å². The van der Waals surface area contributed by atoms with E-state index >= 15 is 0 Å². The van der Waals surface area contributed by atoms with E-state index in [9.17, 15) is 8.42 Å². The molecule has 0 unspecified atom stereocenters. The highest BCUT2D eigenvalue weighted by Gasteiger charge is 2.30. The molecule has 0 spiro atoms. The number of aryl methyl sites for hydroxylation is 2. The minimum absolute atomic E-state index is 0.376. The van der Waals surface area contributed by atoms with Crippen molar-refractivity contribution in [2.75, 3.05) is 39.3 Å². The standard InChI is InChI=1S/C20H26N2O3S/c1-17-14-18(2)16-19(15-17)25-13-12-21-8-10-22(11-9-21)26(23,24)20-6-4-3-5-7-20/h3-7,14-16H,8-13H2,1-2H3/p+1. The van der Waals surface area contributed by atoms with Gasteiger partial charge in [-0.05, 0) is 49.2 Å². The van der Waals surface area contributed by atoms with Crippen LogP contribution in [-0.4, -0.2) is 52.1 Å². The zero-order valence-corrected chi connectivity index (χ0v) is 16.3. The van der Waals surface area contributed by atoms with Crippen LogP contribution in [-0.2, 0) is 10.0 Å². The number of hydrogen-bond acceptors (Lipinski definition) is 3. The predicted octanol–water partition coefficient (Wildman–Crippen LogP) is 1.27. The van der Waals surface area contributed by atoms with Gasteiger partial charge in [-0.3, -0.25) is 0 Å². The molecule has 2 aromatic carbocycles. The second kappa shape index (κ2) is 8.20. The fraction of sp³-hybridized carbons (Fsp3) is 0.400. The Morgan fingerprint density at radius 1 is 1.00 bits per heavy atom. The second-order valence-corrected chi connectivity index (χ2v) is 8.83. The molecule has 1 N–H and O–H groups in total. The van der Waals surface area contributed by atoms with Crippen molar-refractivity contribution in [1.82, 2.24) is 4.31 Å². The zero-order chi connectivity index (χ0) is 18.6. The van der Waals surface area contributed by atoms with Crippen molar-refractivity contribution >= 4 is 10.0 Å². The normalized spacial score (nSPS) is 16.5. The molecule has 1 aliphatic heterocycles. The summed E-state index contributed by atoms with van der Waals surface area (Å²) in [4.78, 5) is 1.76. The van der Waals surface area contributed by atoms with Crippen LogP contribution in [0.2, 0.25) is 0 Å². The van der Waals surface area contributed by atoms with Gasteiger partial charge < -0.3 is 9.64 Å². The van der Waals surface area contributed by atoms with Gasteiger partial charge in [-0.2, -0.15) is 4.31 Å². The molecular formula is C20H27N2O3S+. The third kappa shape index (κ3) is 4.63. The van der Waals surface area contributed by atoms with Crippen LogP contribution in [0.3, 0.4) is 0 Å². The maximum absolute atomic E-state index is 12.6. The molecule has 5 nitrogen and oxygen atoms in total. The number of quaternary nitrogens is 1. The number of nitrogens with one attached hydrogen (secondary N) is 1. The average Bonchev–Trinajstić information content (AvgIpc) is 2.62. The van der Waals surface area contributed by atoms with Gasteiger partial charge in [0.15, 0.2) is 0 Å². The number of sulfonamides is 1. The largest absolute Gasteiger partial charge is 0.488 e. The zero-order valence-electron chi connectivity index (χ0n) is 15.4. The lowest BCUT2D eigenvalue weighted by Crippen LogP contribution is -3.15. The van der Waals surface area contributed by atoms with E-state index in [1.807, 2.05) is 18.2 Å². The molecule has 1 fully saturated rings. The highest BCUT2D eigenvalue weighted by atomic mass is 32.2. The van der Waals surface area contributed by atoms with Crippen molar-refractivity contribution in [3.63, 3.8) is 0 Å². The molecule has 1 heterocycles. The third-order valence-electron chi connectivity index (χ3n) is 4.73. The smallest absolute Gasteiger partial charge is 0.243 e. The Balaban J connectivity index is 1.48. The van der Waals surface area contributed by atoms with Crippen LogP contribution in [0.25, 0.3) is 0 Å². The van der Waals surface area contributed by atoms with Crippen LogP contribution in [0.5, 0.6) is 5.75 Å². The lowest BCUT2D eigenvalue weighted by atomic mass is 10.1. The van der Waals surface area contributed by atoms with Gasteiger partial charge in [0.05, 0.1) is 31.1 Å². The van der Waals surface area contributed by atoms with Gasteiger partial charge in [-0.25, -0.2) is 8.42 Å². The third-order valence-corrected chi connectivity index (χ3v) is 6.64. The number of hydrogen-bond donors (Lipinski definition) is 1. The molecular weight excluding hydrogens is 348 g/mol. The number of piperazine rings is 1. The van der Waals surface area contributed by atoms with Gasteiger partial charge in [-0.15, -0.1) is 0 Å². The molecule has 0 aromatic heterocycles. The maximum atomic E-state index is 12.6. The Morgan fingerprint density at radius 3 is 2.23 bits per heavy atom. The Labute approximate surface area is 156 Å². The highest BCUT2D eigenvalue weighted by molar-refractivity contribution is 7.89. The van der Waals surface area contributed by atoms with Crippen molar-refractivity contribution in [1.29, 1.82) is 0 Å². The average molecular weight is 376 g/mol.